The second-order valence-electron chi connectivity index (χ2n) is 3.62. The van der Waals surface area contributed by atoms with Crippen LogP contribution in [0.2, 0.25) is 0 Å². The highest BCUT2D eigenvalue weighted by atomic mass is 16.3. The van der Waals surface area contributed by atoms with Gasteiger partial charge >= 0.3 is 0 Å². The number of aliphatic hydroxyl groups excluding tert-OH is 1. The first-order chi connectivity index (χ1) is 8.31. The monoisotopic (exact) mass is 230 g/mol. The molecule has 17 heavy (non-hydrogen) atoms. The highest BCUT2D eigenvalue weighted by Crippen LogP contribution is 2.17. The van der Waals surface area contributed by atoms with E-state index >= 15 is 0 Å². The minimum absolute atomic E-state index is 0.0827. The molecular formula is C12H14N4O. The zero-order chi connectivity index (χ0) is 12.1. The topological polar surface area (TPSA) is 62.1 Å². The molecule has 0 atom stereocenters. The van der Waals surface area contributed by atoms with Gasteiger partial charge < -0.3 is 10.0 Å². The van der Waals surface area contributed by atoms with E-state index in [-0.39, 0.29) is 6.61 Å². The Morgan fingerprint density at radius 2 is 1.94 bits per heavy atom. The molecule has 0 aliphatic carbocycles. The number of hydrogen-bond acceptors (Lipinski definition) is 5. The van der Waals surface area contributed by atoms with Crippen LogP contribution in [0.25, 0.3) is 11.3 Å². The van der Waals surface area contributed by atoms with Crippen LogP contribution in [0.3, 0.4) is 0 Å². The predicted molar refractivity (Wildman–Crippen MR) is 65.6 cm³/mol. The molecule has 0 aromatic carbocycles. The summed E-state index contributed by atoms with van der Waals surface area (Å²) in [4.78, 5) is 14.4. The molecule has 5 nitrogen and oxygen atoms in total. The lowest BCUT2D eigenvalue weighted by Crippen LogP contribution is -2.23. The van der Waals surface area contributed by atoms with Gasteiger partial charge in [0.25, 0.3) is 0 Å². The standard InChI is InChI=1S/C12H14N4O/c1-16(8-9-17)12-14-7-4-11(15-12)10-2-5-13-6-3-10/h2-7,17H,8-9H2,1H3. The normalized spacial score (nSPS) is 10.2. The van der Waals surface area contributed by atoms with E-state index in [1.807, 2.05) is 30.1 Å². The predicted octanol–water partition coefficient (Wildman–Crippen LogP) is 0.967. The lowest BCUT2D eigenvalue weighted by atomic mass is 10.2. The van der Waals surface area contributed by atoms with Gasteiger partial charge in [0.2, 0.25) is 5.95 Å². The van der Waals surface area contributed by atoms with Gasteiger partial charge in [-0.1, -0.05) is 0 Å². The van der Waals surface area contributed by atoms with E-state index in [4.69, 9.17) is 5.11 Å². The van der Waals surface area contributed by atoms with Crippen LogP contribution < -0.4 is 4.90 Å². The van der Waals surface area contributed by atoms with Crippen LogP contribution >= 0.6 is 0 Å². The number of aliphatic hydroxyl groups is 1. The van der Waals surface area contributed by atoms with E-state index < -0.39 is 0 Å². The van der Waals surface area contributed by atoms with Crippen molar-refractivity contribution in [3.8, 4) is 11.3 Å². The third-order valence-corrected chi connectivity index (χ3v) is 2.40. The molecule has 5 heteroatoms. The average Bonchev–Trinajstić information content (AvgIpc) is 2.40. The molecule has 0 bridgehead atoms. The Hall–Kier alpha value is -2.01. The Labute approximate surface area is 99.8 Å². The maximum absolute atomic E-state index is 8.88. The van der Waals surface area contributed by atoms with Crippen LogP contribution in [-0.2, 0) is 0 Å². The molecule has 0 fully saturated rings. The minimum Gasteiger partial charge on any atom is -0.395 e. The number of pyridine rings is 1. The quantitative estimate of drug-likeness (QED) is 0.848. The van der Waals surface area contributed by atoms with Crippen LogP contribution in [0, 0.1) is 0 Å². The molecule has 1 N–H and O–H groups in total. The van der Waals surface area contributed by atoms with Gasteiger partial charge in [0.1, 0.15) is 0 Å². The van der Waals surface area contributed by atoms with Crippen molar-refractivity contribution in [1.82, 2.24) is 15.0 Å². The Morgan fingerprint density at radius 1 is 1.18 bits per heavy atom. The van der Waals surface area contributed by atoms with Gasteiger partial charge in [0.05, 0.1) is 12.3 Å². The molecule has 2 rings (SSSR count). The second-order valence-corrected chi connectivity index (χ2v) is 3.62. The highest BCUT2D eigenvalue weighted by molar-refractivity contribution is 5.59. The largest absolute Gasteiger partial charge is 0.395 e. The first-order valence-corrected chi connectivity index (χ1v) is 5.36. The Balaban J connectivity index is 2.29. The van der Waals surface area contributed by atoms with E-state index in [0.717, 1.165) is 11.3 Å². The van der Waals surface area contributed by atoms with Gasteiger partial charge in [0, 0.05) is 37.7 Å². The van der Waals surface area contributed by atoms with Crippen LogP contribution in [-0.4, -0.2) is 40.3 Å². The number of rotatable bonds is 4. The van der Waals surface area contributed by atoms with Crippen molar-refractivity contribution >= 4 is 5.95 Å². The van der Waals surface area contributed by atoms with E-state index in [1.54, 1.807) is 18.6 Å². The van der Waals surface area contributed by atoms with Gasteiger partial charge in [0.15, 0.2) is 0 Å². The summed E-state index contributed by atoms with van der Waals surface area (Å²) in [7, 11) is 1.85. The maximum Gasteiger partial charge on any atom is 0.225 e. The summed E-state index contributed by atoms with van der Waals surface area (Å²) in [6.07, 6.45) is 5.18. The number of anilines is 1. The summed E-state index contributed by atoms with van der Waals surface area (Å²) in [6, 6.07) is 5.65. The molecule has 2 aromatic rings. The molecule has 2 aromatic heterocycles. The summed E-state index contributed by atoms with van der Waals surface area (Å²) in [5.41, 5.74) is 1.85. The SMILES string of the molecule is CN(CCO)c1nccc(-c2ccncc2)n1. The van der Waals surface area contributed by atoms with Gasteiger partial charge in [-0.3, -0.25) is 4.98 Å². The van der Waals surface area contributed by atoms with Crippen LogP contribution in [0.5, 0.6) is 0 Å². The van der Waals surface area contributed by atoms with E-state index in [2.05, 4.69) is 15.0 Å². The van der Waals surface area contributed by atoms with Crippen LogP contribution in [0.4, 0.5) is 5.95 Å². The summed E-state index contributed by atoms with van der Waals surface area (Å²) in [6.45, 7) is 0.596. The first kappa shape index (κ1) is 11.5. The van der Waals surface area contributed by atoms with Crippen molar-refractivity contribution in [1.29, 1.82) is 0 Å². The number of hydrogen-bond donors (Lipinski definition) is 1. The first-order valence-electron chi connectivity index (χ1n) is 5.36. The zero-order valence-electron chi connectivity index (χ0n) is 9.61. The van der Waals surface area contributed by atoms with E-state index in [1.165, 1.54) is 0 Å². The van der Waals surface area contributed by atoms with Gasteiger partial charge in [-0.2, -0.15) is 0 Å². The molecule has 0 aliphatic rings. The third-order valence-electron chi connectivity index (χ3n) is 2.40. The van der Waals surface area contributed by atoms with Crippen LogP contribution in [0.15, 0.2) is 36.8 Å². The van der Waals surface area contributed by atoms with Crippen LogP contribution in [0.1, 0.15) is 0 Å². The van der Waals surface area contributed by atoms with Gasteiger partial charge in [-0.25, -0.2) is 9.97 Å². The Bertz CT molecular complexity index is 475. The smallest absolute Gasteiger partial charge is 0.225 e. The third kappa shape index (κ3) is 2.76. The molecule has 0 radical (unpaired) electrons. The summed E-state index contributed by atoms with van der Waals surface area (Å²) < 4.78 is 0. The van der Waals surface area contributed by atoms with Crippen molar-refractivity contribution in [3.05, 3.63) is 36.8 Å². The fourth-order valence-corrected chi connectivity index (χ4v) is 1.47. The number of likely N-dealkylation sites (N-methyl/N-ethyl adjacent to an activating group) is 1. The second kappa shape index (κ2) is 5.36. The molecule has 88 valence electrons. The molecule has 0 amide bonds. The molecule has 0 aliphatic heterocycles. The molecule has 0 spiro atoms. The summed E-state index contributed by atoms with van der Waals surface area (Å²) in [5.74, 6) is 0.605. The van der Waals surface area contributed by atoms with Crippen molar-refractivity contribution in [3.63, 3.8) is 0 Å². The molecule has 0 saturated heterocycles. The molecule has 0 unspecified atom stereocenters. The number of nitrogens with zero attached hydrogens (tertiary/aromatic N) is 4. The minimum atomic E-state index is 0.0827. The van der Waals surface area contributed by atoms with Crippen molar-refractivity contribution in [2.45, 2.75) is 0 Å². The van der Waals surface area contributed by atoms with E-state index in [0.29, 0.717) is 12.5 Å². The highest BCUT2D eigenvalue weighted by Gasteiger charge is 2.05. The summed E-state index contributed by atoms with van der Waals surface area (Å²) in [5, 5.41) is 8.88. The zero-order valence-corrected chi connectivity index (χ0v) is 9.61. The van der Waals surface area contributed by atoms with Gasteiger partial charge in [-0.05, 0) is 18.2 Å². The fraction of sp³-hybridized carbons (Fsp3) is 0.250. The van der Waals surface area contributed by atoms with Gasteiger partial charge in [-0.15, -0.1) is 0 Å². The van der Waals surface area contributed by atoms with Crippen molar-refractivity contribution in [2.24, 2.45) is 0 Å². The molecular weight excluding hydrogens is 216 g/mol. The number of aromatic nitrogens is 3. The lowest BCUT2D eigenvalue weighted by molar-refractivity contribution is 0.303. The van der Waals surface area contributed by atoms with Crippen molar-refractivity contribution in [2.75, 3.05) is 25.1 Å². The van der Waals surface area contributed by atoms with E-state index in [9.17, 15) is 0 Å². The van der Waals surface area contributed by atoms with Crippen molar-refractivity contribution < 1.29 is 5.11 Å². The average molecular weight is 230 g/mol. The molecule has 0 saturated carbocycles. The maximum atomic E-state index is 8.88. The Morgan fingerprint density at radius 3 is 2.65 bits per heavy atom. The molecule has 2 heterocycles. The lowest BCUT2D eigenvalue weighted by Gasteiger charge is -2.15. The fourth-order valence-electron chi connectivity index (χ4n) is 1.47. The summed E-state index contributed by atoms with van der Waals surface area (Å²) >= 11 is 0. The Kier molecular flexibility index (Phi) is 3.62.